The molecule has 1 aromatic carbocycles. The highest BCUT2D eigenvalue weighted by molar-refractivity contribution is 9.10. The second kappa shape index (κ2) is 9.36. The largest absolute Gasteiger partial charge is 0.353 e. The van der Waals surface area contributed by atoms with Gasteiger partial charge in [0.1, 0.15) is 0 Å². The fourth-order valence-corrected chi connectivity index (χ4v) is 4.22. The molecule has 4 nitrogen and oxygen atoms in total. The molecule has 1 aliphatic heterocycles. The van der Waals surface area contributed by atoms with E-state index in [1.807, 2.05) is 35.2 Å². The Hall–Kier alpha value is -1.62. The van der Waals surface area contributed by atoms with Gasteiger partial charge in [0.2, 0.25) is 11.8 Å². The molecule has 1 saturated carbocycles. The second-order valence-corrected chi connectivity index (χ2v) is 8.15. The third-order valence-electron chi connectivity index (χ3n) is 5.44. The van der Waals surface area contributed by atoms with E-state index in [0.717, 1.165) is 35.7 Å². The summed E-state index contributed by atoms with van der Waals surface area (Å²) in [5.41, 5.74) is 0.996. The van der Waals surface area contributed by atoms with Crippen molar-refractivity contribution in [3.8, 4) is 0 Å². The van der Waals surface area contributed by atoms with Crippen molar-refractivity contribution in [2.24, 2.45) is 5.92 Å². The van der Waals surface area contributed by atoms with Crippen LogP contribution >= 0.6 is 15.9 Å². The summed E-state index contributed by atoms with van der Waals surface area (Å²) >= 11 is 3.49. The molecule has 0 unspecified atom stereocenters. The predicted molar refractivity (Wildman–Crippen MR) is 107 cm³/mol. The molecule has 5 heteroatoms. The molecule has 1 heterocycles. The predicted octanol–water partition coefficient (Wildman–Crippen LogP) is 4.15. The fourth-order valence-electron chi connectivity index (χ4n) is 3.80. The van der Waals surface area contributed by atoms with Gasteiger partial charge in [-0.05, 0) is 43.4 Å². The Morgan fingerprint density at radius 3 is 2.42 bits per heavy atom. The molecule has 2 fully saturated rings. The van der Waals surface area contributed by atoms with E-state index < -0.39 is 0 Å². The molecule has 0 spiro atoms. The van der Waals surface area contributed by atoms with Crippen molar-refractivity contribution in [3.05, 3.63) is 40.4 Å². The first-order valence-electron chi connectivity index (χ1n) is 9.65. The molecule has 1 aliphatic carbocycles. The number of nitrogens with one attached hydrogen (secondary N) is 1. The molecule has 26 heavy (non-hydrogen) atoms. The topological polar surface area (TPSA) is 49.4 Å². The summed E-state index contributed by atoms with van der Waals surface area (Å²) in [6.07, 6.45) is 10.8. The Morgan fingerprint density at radius 1 is 1.04 bits per heavy atom. The summed E-state index contributed by atoms with van der Waals surface area (Å²) in [5.74, 6) is 0.469. The van der Waals surface area contributed by atoms with Crippen LogP contribution in [0.15, 0.2) is 34.8 Å². The van der Waals surface area contributed by atoms with Gasteiger partial charge in [-0.2, -0.15) is 0 Å². The highest BCUT2D eigenvalue weighted by Gasteiger charge is 2.26. The number of hydrogen-bond acceptors (Lipinski definition) is 2. The van der Waals surface area contributed by atoms with Crippen LogP contribution in [0.4, 0.5) is 0 Å². The van der Waals surface area contributed by atoms with E-state index in [-0.39, 0.29) is 23.8 Å². The van der Waals surface area contributed by atoms with E-state index in [0.29, 0.717) is 13.1 Å². The monoisotopic (exact) mass is 418 g/mol. The fraction of sp³-hybridized carbons (Fsp3) is 0.524. The van der Waals surface area contributed by atoms with Crippen LogP contribution in [0.2, 0.25) is 0 Å². The van der Waals surface area contributed by atoms with E-state index in [2.05, 4.69) is 21.2 Å². The molecule has 3 rings (SSSR count). The first kappa shape index (κ1) is 19.2. The molecule has 0 aromatic heterocycles. The minimum Gasteiger partial charge on any atom is -0.353 e. The second-order valence-electron chi connectivity index (χ2n) is 7.30. The maximum absolute atomic E-state index is 12.4. The van der Waals surface area contributed by atoms with Gasteiger partial charge in [0.15, 0.2) is 0 Å². The van der Waals surface area contributed by atoms with Crippen LogP contribution in [0.1, 0.15) is 50.5 Å². The Labute approximate surface area is 164 Å². The molecular weight excluding hydrogens is 392 g/mol. The number of piperidine rings is 1. The van der Waals surface area contributed by atoms with Crippen molar-refractivity contribution >= 4 is 33.8 Å². The zero-order valence-corrected chi connectivity index (χ0v) is 16.7. The third-order valence-corrected chi connectivity index (χ3v) is 6.16. The molecule has 1 saturated heterocycles. The molecular formula is C21H27BrN2O2. The Kier molecular flexibility index (Phi) is 6.89. The van der Waals surface area contributed by atoms with Gasteiger partial charge in [-0.25, -0.2) is 0 Å². The molecule has 1 aromatic rings. The van der Waals surface area contributed by atoms with Gasteiger partial charge >= 0.3 is 0 Å². The average Bonchev–Trinajstić information content (AvgIpc) is 2.68. The quantitative estimate of drug-likeness (QED) is 0.746. The third kappa shape index (κ3) is 5.19. The molecule has 0 bridgehead atoms. The van der Waals surface area contributed by atoms with Gasteiger partial charge in [-0.1, -0.05) is 53.4 Å². The van der Waals surface area contributed by atoms with Crippen LogP contribution in [-0.2, 0) is 9.59 Å². The van der Waals surface area contributed by atoms with Crippen molar-refractivity contribution < 1.29 is 9.59 Å². The van der Waals surface area contributed by atoms with Crippen molar-refractivity contribution in [2.45, 2.75) is 51.0 Å². The number of hydrogen-bond donors (Lipinski definition) is 1. The normalized spacial score (nSPS) is 19.7. The molecule has 2 aliphatic rings. The van der Waals surface area contributed by atoms with E-state index in [1.165, 1.54) is 19.3 Å². The lowest BCUT2D eigenvalue weighted by Gasteiger charge is -2.33. The van der Waals surface area contributed by atoms with Crippen molar-refractivity contribution in [1.82, 2.24) is 10.2 Å². The van der Waals surface area contributed by atoms with Crippen LogP contribution in [0.3, 0.4) is 0 Å². The molecule has 140 valence electrons. The minimum absolute atomic E-state index is 0.0396. The van der Waals surface area contributed by atoms with Crippen molar-refractivity contribution in [2.75, 3.05) is 13.1 Å². The summed E-state index contributed by atoms with van der Waals surface area (Å²) in [5, 5.41) is 3.21. The zero-order chi connectivity index (χ0) is 18.4. The number of amides is 2. The maximum Gasteiger partial charge on any atom is 0.246 e. The lowest BCUT2D eigenvalue weighted by Crippen LogP contribution is -2.47. The van der Waals surface area contributed by atoms with Crippen LogP contribution in [0, 0.1) is 5.92 Å². The summed E-state index contributed by atoms with van der Waals surface area (Å²) < 4.78 is 0.980. The number of halogens is 1. The van der Waals surface area contributed by atoms with Gasteiger partial charge in [0, 0.05) is 35.6 Å². The minimum atomic E-state index is 0.0396. The molecule has 1 N–H and O–H groups in total. The number of benzene rings is 1. The van der Waals surface area contributed by atoms with Gasteiger partial charge in [-0.3, -0.25) is 9.59 Å². The summed E-state index contributed by atoms with van der Waals surface area (Å²) in [4.78, 5) is 26.6. The smallest absolute Gasteiger partial charge is 0.246 e. The van der Waals surface area contributed by atoms with Crippen molar-refractivity contribution in [1.29, 1.82) is 0 Å². The Balaban J connectivity index is 1.45. The number of rotatable bonds is 4. The Bertz CT molecular complexity index is 660. The number of nitrogens with zero attached hydrogens (tertiary/aromatic N) is 1. The molecule has 0 radical (unpaired) electrons. The van der Waals surface area contributed by atoms with E-state index >= 15 is 0 Å². The van der Waals surface area contributed by atoms with E-state index in [9.17, 15) is 9.59 Å². The van der Waals surface area contributed by atoms with Gasteiger partial charge in [0.25, 0.3) is 0 Å². The highest BCUT2D eigenvalue weighted by atomic mass is 79.9. The maximum atomic E-state index is 12.4. The van der Waals surface area contributed by atoms with Crippen LogP contribution in [-0.4, -0.2) is 35.8 Å². The SMILES string of the molecule is O=C(NC1CCN(C(=O)/C=C/c2ccccc2Br)CC1)C1CCCCC1. The summed E-state index contributed by atoms with van der Waals surface area (Å²) in [6.45, 7) is 1.41. The van der Waals surface area contributed by atoms with Crippen LogP contribution in [0.25, 0.3) is 6.08 Å². The number of likely N-dealkylation sites (tertiary alicyclic amines) is 1. The number of carbonyl (C=O) groups excluding carboxylic acids is 2. The lowest BCUT2D eigenvalue weighted by atomic mass is 9.88. The Morgan fingerprint density at radius 2 is 1.73 bits per heavy atom. The van der Waals surface area contributed by atoms with Crippen LogP contribution in [0.5, 0.6) is 0 Å². The molecule has 2 amide bonds. The standard InChI is InChI=1S/C21H27BrN2O2/c22-19-9-5-4-6-16(19)10-11-20(25)24-14-12-18(13-15-24)23-21(26)17-7-2-1-3-8-17/h4-6,9-11,17-18H,1-3,7-8,12-15H2,(H,23,26)/b11-10+. The highest BCUT2D eigenvalue weighted by Crippen LogP contribution is 2.24. The lowest BCUT2D eigenvalue weighted by molar-refractivity contribution is -0.128. The first-order chi connectivity index (χ1) is 12.6. The average molecular weight is 419 g/mol. The van der Waals surface area contributed by atoms with Gasteiger partial charge < -0.3 is 10.2 Å². The summed E-state index contributed by atoms with van der Waals surface area (Å²) in [7, 11) is 0. The van der Waals surface area contributed by atoms with Gasteiger partial charge in [0.05, 0.1) is 0 Å². The molecule has 0 atom stereocenters. The van der Waals surface area contributed by atoms with E-state index in [4.69, 9.17) is 0 Å². The van der Waals surface area contributed by atoms with E-state index in [1.54, 1.807) is 6.08 Å². The first-order valence-corrected chi connectivity index (χ1v) is 10.4. The van der Waals surface area contributed by atoms with Crippen LogP contribution < -0.4 is 5.32 Å². The zero-order valence-electron chi connectivity index (χ0n) is 15.1. The summed E-state index contributed by atoms with van der Waals surface area (Å²) in [6, 6.07) is 8.05. The number of carbonyl (C=O) groups is 2. The van der Waals surface area contributed by atoms with Crippen molar-refractivity contribution in [3.63, 3.8) is 0 Å². The van der Waals surface area contributed by atoms with Gasteiger partial charge in [-0.15, -0.1) is 0 Å².